The molecule has 0 aliphatic rings. The monoisotopic (exact) mass is 350 g/mol. The van der Waals surface area contributed by atoms with Crippen molar-refractivity contribution >= 4 is 11.8 Å². The van der Waals surface area contributed by atoms with Gasteiger partial charge in [-0.2, -0.15) is 5.26 Å². The van der Waals surface area contributed by atoms with Crippen molar-refractivity contribution < 1.29 is 4.74 Å². The molecule has 3 aromatic rings. The van der Waals surface area contributed by atoms with Crippen molar-refractivity contribution in [2.24, 2.45) is 7.05 Å². The lowest BCUT2D eigenvalue weighted by molar-refractivity contribution is 0.344. The molecule has 6 heteroatoms. The van der Waals surface area contributed by atoms with Gasteiger partial charge < -0.3 is 9.30 Å². The molecule has 0 atom stereocenters. The number of hydrogen-bond acceptors (Lipinski definition) is 5. The van der Waals surface area contributed by atoms with E-state index in [-0.39, 0.29) is 0 Å². The second-order valence-corrected chi connectivity index (χ2v) is 6.58. The van der Waals surface area contributed by atoms with E-state index in [4.69, 9.17) is 10.00 Å². The summed E-state index contributed by atoms with van der Waals surface area (Å²) in [7, 11) is 1.98. The number of benzene rings is 2. The van der Waals surface area contributed by atoms with Crippen LogP contribution in [0.4, 0.5) is 0 Å². The van der Waals surface area contributed by atoms with Gasteiger partial charge in [-0.05, 0) is 36.8 Å². The van der Waals surface area contributed by atoms with Crippen LogP contribution < -0.4 is 4.74 Å². The Balaban J connectivity index is 1.57. The number of hydrogen-bond donors (Lipinski definition) is 0. The minimum Gasteiger partial charge on any atom is -0.493 e. The van der Waals surface area contributed by atoms with Crippen molar-refractivity contribution in [1.29, 1.82) is 5.26 Å². The molecule has 126 valence electrons. The molecule has 2 aromatic carbocycles. The summed E-state index contributed by atoms with van der Waals surface area (Å²) in [6.45, 7) is 2.63. The van der Waals surface area contributed by atoms with Crippen LogP contribution in [0, 0.1) is 18.3 Å². The summed E-state index contributed by atoms with van der Waals surface area (Å²) < 4.78 is 7.70. The minimum absolute atomic E-state index is 0.559. The first-order chi connectivity index (χ1) is 12.2. The molecule has 0 N–H and O–H groups in total. The van der Waals surface area contributed by atoms with Crippen LogP contribution in [0.1, 0.15) is 11.1 Å². The quantitative estimate of drug-likeness (QED) is 0.499. The van der Waals surface area contributed by atoms with Crippen LogP contribution in [0.5, 0.6) is 5.75 Å². The van der Waals surface area contributed by atoms with Gasteiger partial charge in [0.15, 0.2) is 11.0 Å². The fourth-order valence-electron chi connectivity index (χ4n) is 2.42. The van der Waals surface area contributed by atoms with Crippen LogP contribution in [0.25, 0.3) is 11.4 Å². The van der Waals surface area contributed by atoms with Gasteiger partial charge in [0, 0.05) is 18.4 Å². The van der Waals surface area contributed by atoms with Crippen molar-refractivity contribution in [2.75, 3.05) is 12.4 Å². The Hall–Kier alpha value is -2.78. The highest BCUT2D eigenvalue weighted by Crippen LogP contribution is 2.25. The first-order valence-electron chi connectivity index (χ1n) is 7.90. The zero-order valence-electron chi connectivity index (χ0n) is 14.1. The van der Waals surface area contributed by atoms with Gasteiger partial charge in [-0.3, -0.25) is 0 Å². The average molecular weight is 350 g/mol. The smallest absolute Gasteiger partial charge is 0.191 e. The lowest BCUT2D eigenvalue weighted by atomic mass is 10.1. The molecule has 0 spiro atoms. The lowest BCUT2D eigenvalue weighted by Gasteiger charge is -2.07. The van der Waals surface area contributed by atoms with Crippen LogP contribution in [-0.2, 0) is 7.05 Å². The summed E-state index contributed by atoms with van der Waals surface area (Å²) in [5.74, 6) is 2.39. The maximum absolute atomic E-state index is 8.79. The SMILES string of the molecule is Cc1ccccc1-c1nnc(SCCOc2ccc(C#N)cc2)n1C. The van der Waals surface area contributed by atoms with E-state index in [0.717, 1.165) is 28.0 Å². The third kappa shape index (κ3) is 4.01. The van der Waals surface area contributed by atoms with Crippen LogP contribution in [0.15, 0.2) is 53.7 Å². The van der Waals surface area contributed by atoms with Gasteiger partial charge >= 0.3 is 0 Å². The van der Waals surface area contributed by atoms with Crippen molar-refractivity contribution in [3.05, 3.63) is 59.7 Å². The summed E-state index contributed by atoms with van der Waals surface area (Å²) in [4.78, 5) is 0. The fourth-order valence-corrected chi connectivity index (χ4v) is 3.15. The van der Waals surface area contributed by atoms with Gasteiger partial charge in [-0.25, -0.2) is 0 Å². The second-order valence-electron chi connectivity index (χ2n) is 5.51. The predicted octanol–water partition coefficient (Wildman–Crippen LogP) is 3.83. The third-order valence-electron chi connectivity index (χ3n) is 3.79. The largest absolute Gasteiger partial charge is 0.493 e. The molecule has 0 aliphatic carbocycles. The van der Waals surface area contributed by atoms with Crippen LogP contribution >= 0.6 is 11.8 Å². The summed E-state index contributed by atoms with van der Waals surface area (Å²) in [6.07, 6.45) is 0. The van der Waals surface area contributed by atoms with Crippen LogP contribution in [-0.4, -0.2) is 27.1 Å². The third-order valence-corrected chi connectivity index (χ3v) is 4.77. The Morgan fingerprint density at radius 3 is 2.60 bits per heavy atom. The van der Waals surface area contributed by atoms with E-state index >= 15 is 0 Å². The van der Waals surface area contributed by atoms with Crippen molar-refractivity contribution in [1.82, 2.24) is 14.8 Å². The summed E-state index contributed by atoms with van der Waals surface area (Å²) in [6, 6.07) is 17.4. The summed E-state index contributed by atoms with van der Waals surface area (Å²) in [5, 5.41) is 18.3. The van der Waals surface area contributed by atoms with Crippen molar-refractivity contribution in [3.63, 3.8) is 0 Å². The van der Waals surface area contributed by atoms with Crippen LogP contribution in [0.2, 0.25) is 0 Å². The van der Waals surface area contributed by atoms with Crippen molar-refractivity contribution in [3.8, 4) is 23.2 Å². The Morgan fingerprint density at radius 1 is 1.12 bits per heavy atom. The molecule has 0 unspecified atom stereocenters. The molecule has 0 aliphatic heterocycles. The van der Waals surface area contributed by atoms with Gasteiger partial charge in [-0.15, -0.1) is 10.2 Å². The number of thioether (sulfide) groups is 1. The highest BCUT2D eigenvalue weighted by molar-refractivity contribution is 7.99. The molecule has 0 bridgehead atoms. The topological polar surface area (TPSA) is 63.7 Å². The highest BCUT2D eigenvalue weighted by atomic mass is 32.2. The standard InChI is InChI=1S/C19H18N4OS/c1-14-5-3-4-6-17(14)18-21-22-19(23(18)2)25-12-11-24-16-9-7-15(13-20)8-10-16/h3-10H,11-12H2,1-2H3. The van der Waals surface area contributed by atoms with E-state index in [1.165, 1.54) is 5.56 Å². The molecule has 0 fully saturated rings. The Kier molecular flexibility index (Phi) is 5.36. The van der Waals surface area contributed by atoms with E-state index in [1.54, 1.807) is 23.9 Å². The molecule has 25 heavy (non-hydrogen) atoms. The molecule has 5 nitrogen and oxygen atoms in total. The number of rotatable bonds is 6. The Morgan fingerprint density at radius 2 is 1.88 bits per heavy atom. The van der Waals surface area contributed by atoms with Gasteiger partial charge in [0.1, 0.15) is 5.75 Å². The van der Waals surface area contributed by atoms with E-state index in [0.29, 0.717) is 12.2 Å². The number of nitriles is 1. The van der Waals surface area contributed by atoms with E-state index in [1.807, 2.05) is 35.9 Å². The molecule has 1 aromatic heterocycles. The normalized spacial score (nSPS) is 10.4. The second kappa shape index (κ2) is 7.86. The lowest BCUT2D eigenvalue weighted by Crippen LogP contribution is -2.02. The first-order valence-corrected chi connectivity index (χ1v) is 8.89. The molecule has 1 heterocycles. The summed E-state index contributed by atoms with van der Waals surface area (Å²) in [5.41, 5.74) is 2.90. The molecular weight excluding hydrogens is 332 g/mol. The van der Waals surface area contributed by atoms with Crippen molar-refractivity contribution in [2.45, 2.75) is 12.1 Å². The number of ether oxygens (including phenoxy) is 1. The molecule has 0 saturated carbocycles. The maximum Gasteiger partial charge on any atom is 0.191 e. The maximum atomic E-state index is 8.79. The van der Waals surface area contributed by atoms with Gasteiger partial charge in [-0.1, -0.05) is 36.0 Å². The van der Waals surface area contributed by atoms with Gasteiger partial charge in [0.25, 0.3) is 0 Å². The highest BCUT2D eigenvalue weighted by Gasteiger charge is 2.12. The molecule has 3 rings (SSSR count). The minimum atomic E-state index is 0.559. The van der Waals surface area contributed by atoms with E-state index in [2.05, 4.69) is 35.3 Å². The Bertz CT molecular complexity index is 897. The number of nitrogens with zero attached hydrogens (tertiary/aromatic N) is 4. The molecule has 0 radical (unpaired) electrons. The van der Waals surface area contributed by atoms with Gasteiger partial charge in [0.05, 0.1) is 18.2 Å². The fraction of sp³-hybridized carbons (Fsp3) is 0.211. The zero-order chi connectivity index (χ0) is 17.6. The average Bonchev–Trinajstić information content (AvgIpc) is 3.00. The first kappa shape index (κ1) is 17.1. The molecule has 0 amide bonds. The van der Waals surface area contributed by atoms with Gasteiger partial charge in [0.2, 0.25) is 0 Å². The molecular formula is C19H18N4OS. The number of aryl methyl sites for hydroxylation is 1. The van der Waals surface area contributed by atoms with Crippen LogP contribution in [0.3, 0.4) is 0 Å². The molecule has 0 saturated heterocycles. The van der Waals surface area contributed by atoms with E-state index in [9.17, 15) is 0 Å². The summed E-state index contributed by atoms with van der Waals surface area (Å²) >= 11 is 1.61. The van der Waals surface area contributed by atoms with E-state index < -0.39 is 0 Å². The number of aromatic nitrogens is 3. The Labute approximate surface area is 151 Å². The zero-order valence-corrected chi connectivity index (χ0v) is 15.0. The predicted molar refractivity (Wildman–Crippen MR) is 98.6 cm³/mol.